The quantitative estimate of drug-likeness (QED) is 0.523. The maximum absolute atomic E-state index is 13.6. The molecule has 0 spiro atoms. The highest BCUT2D eigenvalue weighted by atomic mass is 19.1. The summed E-state index contributed by atoms with van der Waals surface area (Å²) in [5, 5.41) is 10.3. The van der Waals surface area contributed by atoms with E-state index in [1.165, 1.54) is 0 Å². The number of carbonyl (C=O) groups excluding carboxylic acids is 1. The van der Waals surface area contributed by atoms with Crippen molar-refractivity contribution in [3.8, 4) is 11.4 Å². The number of hydrogen-bond acceptors (Lipinski definition) is 2. The fourth-order valence-corrected chi connectivity index (χ4v) is 2.78. The molecule has 2 heterocycles. The Hall–Kier alpha value is -3.48. The molecule has 130 valence electrons. The van der Waals surface area contributed by atoms with Crippen LogP contribution < -0.4 is 5.32 Å². The lowest BCUT2D eigenvalue weighted by atomic mass is 10.1. The zero-order valence-corrected chi connectivity index (χ0v) is 13.5. The van der Waals surface area contributed by atoms with Gasteiger partial charge in [0.2, 0.25) is 0 Å². The van der Waals surface area contributed by atoms with Crippen molar-refractivity contribution in [2.45, 2.75) is 6.54 Å². The van der Waals surface area contributed by atoms with Crippen LogP contribution in [0.15, 0.2) is 54.7 Å². The minimum absolute atomic E-state index is 0.0903. The number of H-pyrrole nitrogens is 2. The number of fused-ring (bicyclic) bond motifs is 1. The van der Waals surface area contributed by atoms with Crippen molar-refractivity contribution in [1.29, 1.82) is 0 Å². The number of nitrogens with zero attached hydrogens (tertiary/aromatic N) is 1. The predicted molar refractivity (Wildman–Crippen MR) is 93.4 cm³/mol. The summed E-state index contributed by atoms with van der Waals surface area (Å²) >= 11 is 0. The van der Waals surface area contributed by atoms with Crippen LogP contribution in [-0.4, -0.2) is 21.1 Å². The number of aromatic nitrogens is 3. The molecule has 2 aromatic heterocycles. The Morgan fingerprint density at radius 3 is 2.73 bits per heavy atom. The molecule has 0 aliphatic rings. The number of nitrogens with one attached hydrogen (secondary N) is 3. The van der Waals surface area contributed by atoms with E-state index in [1.54, 1.807) is 24.4 Å². The SMILES string of the molecule is O=C(NCc1cc(F)ccc1F)c1ccc2[nH]c(-c3ccn[nH]3)cc2c1. The number of halogens is 2. The lowest BCUT2D eigenvalue weighted by molar-refractivity contribution is 0.0950. The zero-order chi connectivity index (χ0) is 18.1. The normalized spacial score (nSPS) is 11.0. The summed E-state index contributed by atoms with van der Waals surface area (Å²) in [6.07, 6.45) is 1.66. The van der Waals surface area contributed by atoms with Gasteiger partial charge in [0.05, 0.1) is 11.4 Å². The van der Waals surface area contributed by atoms with E-state index in [0.717, 1.165) is 40.5 Å². The van der Waals surface area contributed by atoms with Gasteiger partial charge in [0.1, 0.15) is 11.6 Å². The molecule has 3 N–H and O–H groups in total. The molecule has 5 nitrogen and oxygen atoms in total. The average Bonchev–Trinajstić information content (AvgIpc) is 3.30. The van der Waals surface area contributed by atoms with Gasteiger partial charge in [0, 0.05) is 34.8 Å². The molecule has 7 heteroatoms. The van der Waals surface area contributed by atoms with Crippen molar-refractivity contribution in [2.24, 2.45) is 0 Å². The van der Waals surface area contributed by atoms with E-state index in [4.69, 9.17) is 0 Å². The number of aromatic amines is 2. The number of amides is 1. The molecule has 4 rings (SSSR count). The van der Waals surface area contributed by atoms with E-state index < -0.39 is 11.6 Å². The highest BCUT2D eigenvalue weighted by molar-refractivity contribution is 5.98. The molecular formula is C19H14F2N4O. The van der Waals surface area contributed by atoms with Gasteiger partial charge >= 0.3 is 0 Å². The van der Waals surface area contributed by atoms with E-state index in [9.17, 15) is 13.6 Å². The van der Waals surface area contributed by atoms with Gasteiger partial charge in [-0.2, -0.15) is 5.10 Å². The van der Waals surface area contributed by atoms with Crippen molar-refractivity contribution < 1.29 is 13.6 Å². The molecule has 4 aromatic rings. The highest BCUT2D eigenvalue weighted by Crippen LogP contribution is 2.23. The molecule has 0 aliphatic heterocycles. The smallest absolute Gasteiger partial charge is 0.251 e. The molecule has 2 aromatic carbocycles. The summed E-state index contributed by atoms with van der Waals surface area (Å²) in [6.45, 7) is -0.0903. The van der Waals surface area contributed by atoms with Gasteiger partial charge in [-0.05, 0) is 48.5 Å². The van der Waals surface area contributed by atoms with Crippen LogP contribution in [-0.2, 0) is 6.54 Å². The summed E-state index contributed by atoms with van der Waals surface area (Å²) in [7, 11) is 0. The Morgan fingerprint density at radius 2 is 1.92 bits per heavy atom. The molecule has 0 saturated heterocycles. The van der Waals surface area contributed by atoms with E-state index in [1.807, 2.05) is 12.1 Å². The molecule has 0 aliphatic carbocycles. The van der Waals surface area contributed by atoms with Crippen LogP contribution in [0.5, 0.6) is 0 Å². The fourth-order valence-electron chi connectivity index (χ4n) is 2.78. The Kier molecular flexibility index (Phi) is 3.96. The van der Waals surface area contributed by atoms with Crippen LogP contribution >= 0.6 is 0 Å². The zero-order valence-electron chi connectivity index (χ0n) is 13.5. The van der Waals surface area contributed by atoms with Gasteiger partial charge in [-0.25, -0.2) is 8.78 Å². The minimum atomic E-state index is -0.558. The Morgan fingerprint density at radius 1 is 1.04 bits per heavy atom. The van der Waals surface area contributed by atoms with Gasteiger partial charge in [-0.3, -0.25) is 9.89 Å². The summed E-state index contributed by atoms with van der Waals surface area (Å²) in [5.41, 5.74) is 3.11. The Bertz CT molecular complexity index is 1090. The van der Waals surface area contributed by atoms with Crippen LogP contribution in [0.1, 0.15) is 15.9 Å². The Labute approximate surface area is 147 Å². The molecule has 0 unspecified atom stereocenters. The van der Waals surface area contributed by atoms with Crippen LogP contribution in [0.2, 0.25) is 0 Å². The second-order valence-corrected chi connectivity index (χ2v) is 5.87. The number of benzene rings is 2. The van der Waals surface area contributed by atoms with Crippen molar-refractivity contribution in [3.63, 3.8) is 0 Å². The largest absolute Gasteiger partial charge is 0.353 e. The number of carbonyl (C=O) groups is 1. The monoisotopic (exact) mass is 352 g/mol. The Balaban J connectivity index is 1.54. The first-order valence-corrected chi connectivity index (χ1v) is 7.95. The molecular weight excluding hydrogens is 338 g/mol. The van der Waals surface area contributed by atoms with Crippen molar-refractivity contribution >= 4 is 16.8 Å². The lowest BCUT2D eigenvalue weighted by Crippen LogP contribution is -2.23. The first-order valence-electron chi connectivity index (χ1n) is 7.95. The third-order valence-electron chi connectivity index (χ3n) is 4.12. The van der Waals surface area contributed by atoms with Gasteiger partial charge in [0.15, 0.2) is 0 Å². The molecule has 0 fully saturated rings. The second-order valence-electron chi connectivity index (χ2n) is 5.87. The van der Waals surface area contributed by atoms with Crippen LogP contribution in [0.3, 0.4) is 0 Å². The third kappa shape index (κ3) is 3.06. The van der Waals surface area contributed by atoms with E-state index in [2.05, 4.69) is 20.5 Å². The second kappa shape index (κ2) is 6.44. The number of rotatable bonds is 4. The number of hydrogen-bond donors (Lipinski definition) is 3. The average molecular weight is 352 g/mol. The standard InChI is InChI=1S/C19H14F2N4O/c20-14-2-3-15(21)13(8-14)10-22-19(26)11-1-4-16-12(7-11)9-18(24-16)17-5-6-23-25-17/h1-9,24H,10H2,(H,22,26)(H,23,25). The van der Waals surface area contributed by atoms with Crippen LogP contribution in [0.4, 0.5) is 8.78 Å². The summed E-state index contributed by atoms with van der Waals surface area (Å²) in [5.74, 6) is -1.47. The van der Waals surface area contributed by atoms with Crippen LogP contribution in [0.25, 0.3) is 22.3 Å². The first-order chi connectivity index (χ1) is 12.6. The lowest BCUT2D eigenvalue weighted by Gasteiger charge is -2.07. The van der Waals surface area contributed by atoms with Crippen molar-refractivity contribution in [2.75, 3.05) is 0 Å². The predicted octanol–water partition coefficient (Wildman–Crippen LogP) is 3.77. The van der Waals surface area contributed by atoms with Gasteiger partial charge in [-0.1, -0.05) is 0 Å². The molecule has 0 radical (unpaired) electrons. The highest BCUT2D eigenvalue weighted by Gasteiger charge is 2.11. The minimum Gasteiger partial charge on any atom is -0.353 e. The van der Waals surface area contributed by atoms with Gasteiger partial charge in [0.25, 0.3) is 5.91 Å². The fraction of sp³-hybridized carbons (Fsp3) is 0.0526. The van der Waals surface area contributed by atoms with E-state index in [-0.39, 0.29) is 18.0 Å². The topological polar surface area (TPSA) is 73.6 Å². The van der Waals surface area contributed by atoms with Crippen molar-refractivity contribution in [3.05, 3.63) is 77.5 Å². The van der Waals surface area contributed by atoms with Gasteiger partial charge in [-0.15, -0.1) is 0 Å². The van der Waals surface area contributed by atoms with E-state index in [0.29, 0.717) is 5.56 Å². The third-order valence-corrected chi connectivity index (χ3v) is 4.12. The van der Waals surface area contributed by atoms with Crippen molar-refractivity contribution in [1.82, 2.24) is 20.5 Å². The maximum Gasteiger partial charge on any atom is 0.251 e. The molecule has 0 bridgehead atoms. The summed E-state index contributed by atoms with van der Waals surface area (Å²) < 4.78 is 26.8. The summed E-state index contributed by atoms with van der Waals surface area (Å²) in [6, 6.07) is 12.1. The maximum atomic E-state index is 13.6. The molecule has 0 saturated carbocycles. The molecule has 26 heavy (non-hydrogen) atoms. The van der Waals surface area contributed by atoms with E-state index >= 15 is 0 Å². The first kappa shape index (κ1) is 16.0. The van der Waals surface area contributed by atoms with Gasteiger partial charge < -0.3 is 10.3 Å². The molecule has 0 atom stereocenters. The molecule has 1 amide bonds. The van der Waals surface area contributed by atoms with Crippen LogP contribution in [0, 0.1) is 11.6 Å². The summed E-state index contributed by atoms with van der Waals surface area (Å²) in [4.78, 5) is 15.6.